The molecule has 1 N–H and O–H groups in total. The van der Waals surface area contributed by atoms with Gasteiger partial charge in [0.15, 0.2) is 0 Å². The van der Waals surface area contributed by atoms with Crippen molar-refractivity contribution in [2.24, 2.45) is 34.0 Å². The monoisotopic (exact) mass is 302 g/mol. The van der Waals surface area contributed by atoms with Gasteiger partial charge in [-0.2, -0.15) is 0 Å². The molecule has 0 aliphatic heterocycles. The molecule has 0 heterocycles. The molecule has 0 aromatic rings. The third kappa shape index (κ3) is 1.93. The molecule has 1 nitrogen and oxygen atoms in total. The van der Waals surface area contributed by atoms with Crippen molar-refractivity contribution in [1.29, 1.82) is 0 Å². The Bertz CT molecular complexity index is 504. The van der Waals surface area contributed by atoms with E-state index < -0.39 is 0 Å². The van der Waals surface area contributed by atoms with Gasteiger partial charge < -0.3 is 5.11 Å². The molecule has 0 radical (unpaired) electrons. The Morgan fingerprint density at radius 3 is 2.59 bits per heavy atom. The fourth-order valence-corrected chi connectivity index (χ4v) is 7.44. The summed E-state index contributed by atoms with van der Waals surface area (Å²) in [6.07, 6.45) is 12.9. The second-order valence-electron chi connectivity index (χ2n) is 10.2. The van der Waals surface area contributed by atoms with E-state index in [0.29, 0.717) is 22.2 Å². The van der Waals surface area contributed by atoms with Gasteiger partial charge in [0.1, 0.15) is 0 Å². The van der Waals surface area contributed by atoms with Crippen molar-refractivity contribution in [1.82, 2.24) is 0 Å². The van der Waals surface area contributed by atoms with Crippen LogP contribution >= 0.6 is 0 Å². The van der Waals surface area contributed by atoms with Crippen molar-refractivity contribution >= 4 is 0 Å². The van der Waals surface area contributed by atoms with E-state index in [0.717, 1.165) is 24.7 Å². The van der Waals surface area contributed by atoms with Crippen molar-refractivity contribution in [3.8, 4) is 0 Å². The van der Waals surface area contributed by atoms with Gasteiger partial charge in [-0.3, -0.25) is 0 Å². The first-order chi connectivity index (χ1) is 10.3. The van der Waals surface area contributed by atoms with Crippen molar-refractivity contribution in [2.45, 2.75) is 85.2 Å². The van der Waals surface area contributed by atoms with E-state index in [1.807, 2.05) is 0 Å². The van der Waals surface area contributed by atoms with Crippen molar-refractivity contribution < 1.29 is 5.11 Å². The lowest BCUT2D eigenvalue weighted by molar-refractivity contribution is -0.0572. The maximum Gasteiger partial charge on any atom is 0.0551 e. The molecule has 0 aromatic carbocycles. The SMILES string of the molecule is CC1(C)CCC[C@@]2(C)C1CC=C1[C@@H]3C[C@H](O)C[C@@]3(C)CC[C@@H]12. The van der Waals surface area contributed by atoms with Gasteiger partial charge in [0, 0.05) is 0 Å². The van der Waals surface area contributed by atoms with Crippen LogP contribution in [0.15, 0.2) is 11.6 Å². The zero-order valence-electron chi connectivity index (χ0n) is 15.0. The first-order valence-corrected chi connectivity index (χ1v) is 9.64. The Labute approximate surface area is 136 Å². The summed E-state index contributed by atoms with van der Waals surface area (Å²) in [5.41, 5.74) is 3.17. The topological polar surface area (TPSA) is 20.2 Å². The lowest BCUT2D eigenvalue weighted by atomic mass is 9.44. The van der Waals surface area contributed by atoms with Crippen LogP contribution in [0.25, 0.3) is 0 Å². The average Bonchev–Trinajstić information content (AvgIpc) is 2.72. The van der Waals surface area contributed by atoms with E-state index in [4.69, 9.17) is 0 Å². The van der Waals surface area contributed by atoms with Gasteiger partial charge in [0.2, 0.25) is 0 Å². The van der Waals surface area contributed by atoms with E-state index >= 15 is 0 Å². The highest BCUT2D eigenvalue weighted by atomic mass is 16.3. The fourth-order valence-electron chi connectivity index (χ4n) is 7.44. The van der Waals surface area contributed by atoms with Gasteiger partial charge in [0.05, 0.1) is 6.10 Å². The molecule has 124 valence electrons. The number of hydrogen-bond donors (Lipinski definition) is 1. The summed E-state index contributed by atoms with van der Waals surface area (Å²) in [5.74, 6) is 2.33. The normalized spacial score (nSPS) is 53.2. The summed E-state index contributed by atoms with van der Waals surface area (Å²) in [6, 6.07) is 0. The molecule has 3 fully saturated rings. The molecule has 6 atom stereocenters. The van der Waals surface area contributed by atoms with Crippen LogP contribution < -0.4 is 0 Å². The van der Waals surface area contributed by atoms with E-state index in [1.54, 1.807) is 5.57 Å². The molecule has 22 heavy (non-hydrogen) atoms. The molecular weight excluding hydrogens is 268 g/mol. The Kier molecular flexibility index (Phi) is 3.20. The number of fused-ring (bicyclic) bond motifs is 5. The van der Waals surface area contributed by atoms with Crippen LogP contribution in [0.1, 0.15) is 79.1 Å². The van der Waals surface area contributed by atoms with Gasteiger partial charge in [-0.1, -0.05) is 45.8 Å². The number of aliphatic hydroxyl groups excluding tert-OH is 1. The van der Waals surface area contributed by atoms with Crippen LogP contribution in [0.5, 0.6) is 0 Å². The second-order valence-corrected chi connectivity index (χ2v) is 10.2. The quantitative estimate of drug-likeness (QED) is 0.599. The first-order valence-electron chi connectivity index (χ1n) is 9.64. The summed E-state index contributed by atoms with van der Waals surface area (Å²) in [6.45, 7) is 10.1. The third-order valence-electron chi connectivity index (χ3n) is 8.52. The molecule has 0 spiro atoms. The summed E-state index contributed by atoms with van der Waals surface area (Å²) >= 11 is 0. The van der Waals surface area contributed by atoms with Crippen molar-refractivity contribution in [2.75, 3.05) is 0 Å². The molecule has 0 bridgehead atoms. The average molecular weight is 303 g/mol. The minimum Gasteiger partial charge on any atom is -0.393 e. The van der Waals surface area contributed by atoms with Gasteiger partial charge >= 0.3 is 0 Å². The summed E-state index contributed by atoms with van der Waals surface area (Å²) in [5, 5.41) is 10.3. The van der Waals surface area contributed by atoms with E-state index in [2.05, 4.69) is 33.8 Å². The molecule has 0 amide bonds. The Morgan fingerprint density at radius 2 is 1.82 bits per heavy atom. The van der Waals surface area contributed by atoms with Crippen molar-refractivity contribution in [3.63, 3.8) is 0 Å². The molecular formula is C21H34O. The van der Waals surface area contributed by atoms with Gasteiger partial charge in [-0.15, -0.1) is 0 Å². The van der Waals surface area contributed by atoms with Crippen molar-refractivity contribution in [3.05, 3.63) is 11.6 Å². The van der Waals surface area contributed by atoms with Gasteiger partial charge in [-0.05, 0) is 78.9 Å². The Morgan fingerprint density at radius 1 is 1.05 bits per heavy atom. The van der Waals surface area contributed by atoms with Gasteiger partial charge in [-0.25, -0.2) is 0 Å². The smallest absolute Gasteiger partial charge is 0.0551 e. The number of rotatable bonds is 0. The Balaban J connectivity index is 1.73. The van der Waals surface area contributed by atoms with Crippen LogP contribution in [-0.2, 0) is 0 Å². The zero-order chi connectivity index (χ0) is 15.8. The molecule has 1 unspecified atom stereocenters. The lowest BCUT2D eigenvalue weighted by Gasteiger charge is -2.60. The molecule has 4 aliphatic rings. The first kappa shape index (κ1) is 15.2. The molecule has 4 rings (SSSR count). The highest BCUT2D eigenvalue weighted by Crippen LogP contribution is 2.66. The molecule has 3 saturated carbocycles. The highest BCUT2D eigenvalue weighted by molar-refractivity contribution is 5.28. The predicted molar refractivity (Wildman–Crippen MR) is 91.5 cm³/mol. The predicted octanol–water partition coefficient (Wildman–Crippen LogP) is 5.34. The summed E-state index contributed by atoms with van der Waals surface area (Å²) < 4.78 is 0. The summed E-state index contributed by atoms with van der Waals surface area (Å²) in [7, 11) is 0. The lowest BCUT2D eigenvalue weighted by Crippen LogP contribution is -2.51. The summed E-state index contributed by atoms with van der Waals surface area (Å²) in [4.78, 5) is 0. The number of aliphatic hydroxyl groups is 1. The van der Waals surface area contributed by atoms with Crippen LogP contribution in [0.3, 0.4) is 0 Å². The molecule has 1 heteroatoms. The zero-order valence-corrected chi connectivity index (χ0v) is 15.0. The molecule has 4 aliphatic carbocycles. The maximum atomic E-state index is 10.3. The third-order valence-corrected chi connectivity index (χ3v) is 8.52. The standard InChI is InChI=1S/C21H34O/c1-19(2)9-5-10-21(4)16-8-11-20(3)13-14(22)12-17(20)15(16)6-7-18(19)21/h6,14,16-18,22H,5,7-13H2,1-4H3/t14-,16-,17-,18?,20+,21+/m0/s1. The highest BCUT2D eigenvalue weighted by Gasteiger charge is 2.58. The maximum absolute atomic E-state index is 10.3. The minimum absolute atomic E-state index is 0.0528. The van der Waals surface area contributed by atoms with E-state index in [-0.39, 0.29) is 6.10 Å². The van der Waals surface area contributed by atoms with Crippen LogP contribution in [0, 0.1) is 34.0 Å². The molecule has 0 saturated heterocycles. The second kappa shape index (κ2) is 4.62. The van der Waals surface area contributed by atoms with Crippen LogP contribution in [0.2, 0.25) is 0 Å². The van der Waals surface area contributed by atoms with Crippen LogP contribution in [-0.4, -0.2) is 11.2 Å². The van der Waals surface area contributed by atoms with Crippen LogP contribution in [0.4, 0.5) is 0 Å². The molecule has 0 aromatic heterocycles. The fraction of sp³-hybridized carbons (Fsp3) is 0.905. The van der Waals surface area contributed by atoms with Gasteiger partial charge in [0.25, 0.3) is 0 Å². The number of allylic oxidation sites excluding steroid dienone is 2. The Hall–Kier alpha value is -0.300. The largest absolute Gasteiger partial charge is 0.393 e. The minimum atomic E-state index is -0.0528. The number of hydrogen-bond acceptors (Lipinski definition) is 1. The van der Waals surface area contributed by atoms with E-state index in [1.165, 1.54) is 38.5 Å². The van der Waals surface area contributed by atoms with E-state index in [9.17, 15) is 5.11 Å².